The van der Waals surface area contributed by atoms with E-state index in [0.29, 0.717) is 46.1 Å². The largest absolute Gasteiger partial charge is 0.325 e. The third kappa shape index (κ3) is 5.47. The smallest absolute Gasteiger partial charge is 0.240 e. The molecule has 8 nitrogen and oxygen atoms in total. The van der Waals surface area contributed by atoms with Crippen molar-refractivity contribution in [2.75, 3.05) is 17.2 Å². The summed E-state index contributed by atoms with van der Waals surface area (Å²) in [5, 5.41) is 6.49. The first kappa shape index (κ1) is 23.7. The summed E-state index contributed by atoms with van der Waals surface area (Å²) in [5.41, 5.74) is 3.35. The van der Waals surface area contributed by atoms with Gasteiger partial charge in [-0.05, 0) is 61.2 Å². The average Bonchev–Trinajstić information content (AvgIpc) is 2.98. The number of anilines is 3. The van der Waals surface area contributed by atoms with Gasteiger partial charge in [0.05, 0.1) is 22.7 Å². The molecule has 5 rings (SSSR count). The van der Waals surface area contributed by atoms with Crippen LogP contribution in [0.2, 0.25) is 5.02 Å². The lowest BCUT2D eigenvalue weighted by atomic mass is 9.90. The summed E-state index contributed by atoms with van der Waals surface area (Å²) in [6.07, 6.45) is 7.51. The Bertz CT molecular complexity index is 1360. The first-order valence-corrected chi connectivity index (χ1v) is 13.6. The van der Waals surface area contributed by atoms with Gasteiger partial charge in [0.15, 0.2) is 0 Å². The number of rotatable bonds is 6. The van der Waals surface area contributed by atoms with Gasteiger partial charge in [-0.15, -0.1) is 0 Å². The normalized spacial score (nSPS) is 16.1. The van der Waals surface area contributed by atoms with E-state index in [4.69, 9.17) is 11.6 Å². The van der Waals surface area contributed by atoms with Gasteiger partial charge in [-0.2, -0.15) is 0 Å². The average molecular weight is 512 g/mol. The van der Waals surface area contributed by atoms with E-state index in [9.17, 15) is 13.2 Å². The molecule has 2 aromatic carbocycles. The van der Waals surface area contributed by atoms with Crippen molar-refractivity contribution in [3.05, 3.63) is 59.2 Å². The topological polar surface area (TPSA) is 113 Å². The monoisotopic (exact) mass is 511 g/mol. The fourth-order valence-corrected chi connectivity index (χ4v) is 5.86. The number of carbonyl (C=O) groups is 1. The maximum Gasteiger partial charge on any atom is 0.240 e. The second-order valence-electron chi connectivity index (χ2n) is 8.99. The number of aromatic nitrogens is 2. The molecule has 1 fully saturated rings. The van der Waals surface area contributed by atoms with Gasteiger partial charge in [-0.25, -0.2) is 23.1 Å². The molecule has 1 aliphatic carbocycles. The van der Waals surface area contributed by atoms with Gasteiger partial charge >= 0.3 is 0 Å². The van der Waals surface area contributed by atoms with Crippen LogP contribution in [0.5, 0.6) is 0 Å². The van der Waals surface area contributed by atoms with Crippen molar-refractivity contribution in [1.82, 2.24) is 14.7 Å². The number of hydrogen-bond acceptors (Lipinski definition) is 6. The molecule has 1 amide bonds. The number of halogens is 1. The van der Waals surface area contributed by atoms with Crippen LogP contribution >= 0.6 is 11.6 Å². The van der Waals surface area contributed by atoms with Crippen molar-refractivity contribution < 1.29 is 13.2 Å². The summed E-state index contributed by atoms with van der Waals surface area (Å²) >= 11 is 6.10. The van der Waals surface area contributed by atoms with Crippen LogP contribution in [0, 0.1) is 5.92 Å². The maximum atomic E-state index is 12.7. The van der Waals surface area contributed by atoms with Crippen molar-refractivity contribution >= 4 is 44.9 Å². The van der Waals surface area contributed by atoms with Crippen LogP contribution in [0.15, 0.2) is 53.6 Å². The molecule has 1 aromatic heterocycles. The summed E-state index contributed by atoms with van der Waals surface area (Å²) < 4.78 is 28.2. The number of carbonyl (C=O) groups excluding carboxylic acids is 1. The molecule has 2 heterocycles. The first-order chi connectivity index (χ1) is 16.9. The second kappa shape index (κ2) is 9.93. The summed E-state index contributed by atoms with van der Waals surface area (Å²) in [5.74, 6) is 0.590. The van der Waals surface area contributed by atoms with Gasteiger partial charge in [0, 0.05) is 34.6 Å². The number of hydrogen-bond donors (Lipinski definition) is 3. The molecule has 0 spiro atoms. The zero-order valence-corrected chi connectivity index (χ0v) is 20.6. The van der Waals surface area contributed by atoms with Gasteiger partial charge in [0.1, 0.15) is 0 Å². The van der Waals surface area contributed by atoms with Crippen LogP contribution in [0.4, 0.5) is 17.3 Å². The van der Waals surface area contributed by atoms with E-state index in [-0.39, 0.29) is 17.2 Å². The highest BCUT2D eigenvalue weighted by molar-refractivity contribution is 7.89. The SMILES string of the molecule is O=C1Cc2cnc(Nc3ccc(S(=O)(=O)NCC4CCCCC4)cc3)nc2-c2ccc(Cl)cc2N1. The Morgan fingerprint density at radius 2 is 1.83 bits per heavy atom. The quantitative estimate of drug-likeness (QED) is 0.434. The standard InChI is InChI=1S/C25H26ClN5O3S/c26-18-6-11-21-22(13-18)30-23(32)12-17-15-27-25(31-24(17)21)29-19-7-9-20(10-8-19)35(33,34)28-14-16-4-2-1-3-5-16/h6-11,13,15-16,28H,1-5,12,14H2,(H,30,32)(H,27,29,31). The van der Waals surface area contributed by atoms with Gasteiger partial charge in [-0.3, -0.25) is 4.79 Å². The minimum Gasteiger partial charge on any atom is -0.325 e. The molecule has 2 aliphatic rings. The number of sulfonamides is 1. The highest BCUT2D eigenvalue weighted by Gasteiger charge is 2.22. The van der Waals surface area contributed by atoms with E-state index in [0.717, 1.165) is 18.4 Å². The Labute approximate surface area is 209 Å². The Morgan fingerprint density at radius 3 is 2.60 bits per heavy atom. The molecule has 3 aromatic rings. The summed E-state index contributed by atoms with van der Waals surface area (Å²) in [4.78, 5) is 21.5. The van der Waals surface area contributed by atoms with Crippen molar-refractivity contribution in [3.63, 3.8) is 0 Å². The van der Waals surface area contributed by atoms with Gasteiger partial charge < -0.3 is 10.6 Å². The highest BCUT2D eigenvalue weighted by Crippen LogP contribution is 2.35. The number of benzene rings is 2. The Morgan fingerprint density at radius 1 is 1.06 bits per heavy atom. The van der Waals surface area contributed by atoms with Gasteiger partial charge in [0.2, 0.25) is 21.9 Å². The van der Waals surface area contributed by atoms with Crippen LogP contribution in [0.3, 0.4) is 0 Å². The third-order valence-corrected chi connectivity index (χ3v) is 8.11. The molecule has 0 atom stereocenters. The predicted octanol–water partition coefficient (Wildman–Crippen LogP) is 4.89. The van der Waals surface area contributed by atoms with Crippen molar-refractivity contribution in [2.45, 2.75) is 43.4 Å². The molecular formula is C25H26ClN5O3S. The van der Waals surface area contributed by atoms with Crippen LogP contribution < -0.4 is 15.4 Å². The molecule has 0 unspecified atom stereocenters. The fraction of sp³-hybridized carbons (Fsp3) is 0.320. The number of amides is 1. The fourth-order valence-electron chi connectivity index (χ4n) is 4.57. The number of nitrogens with one attached hydrogen (secondary N) is 3. The Balaban J connectivity index is 1.32. The zero-order valence-electron chi connectivity index (χ0n) is 19.1. The molecule has 182 valence electrons. The molecule has 0 radical (unpaired) electrons. The molecule has 1 aliphatic heterocycles. The van der Waals surface area contributed by atoms with Crippen LogP contribution in [-0.4, -0.2) is 30.8 Å². The highest BCUT2D eigenvalue weighted by atomic mass is 35.5. The minimum absolute atomic E-state index is 0.155. The maximum absolute atomic E-state index is 12.7. The lowest BCUT2D eigenvalue weighted by Gasteiger charge is -2.21. The molecule has 35 heavy (non-hydrogen) atoms. The van der Waals surface area contributed by atoms with Crippen LogP contribution in [0.25, 0.3) is 11.3 Å². The third-order valence-electron chi connectivity index (χ3n) is 6.43. The summed E-state index contributed by atoms with van der Waals surface area (Å²) in [7, 11) is -3.57. The molecule has 10 heteroatoms. The van der Waals surface area contributed by atoms with E-state index in [1.165, 1.54) is 19.3 Å². The molecule has 3 N–H and O–H groups in total. The van der Waals surface area contributed by atoms with Gasteiger partial charge in [-0.1, -0.05) is 30.9 Å². The lowest BCUT2D eigenvalue weighted by Crippen LogP contribution is -2.30. The van der Waals surface area contributed by atoms with Crippen molar-refractivity contribution in [3.8, 4) is 11.3 Å². The van der Waals surface area contributed by atoms with Crippen LogP contribution in [-0.2, 0) is 21.2 Å². The van der Waals surface area contributed by atoms with Crippen molar-refractivity contribution in [2.24, 2.45) is 5.92 Å². The van der Waals surface area contributed by atoms with E-state index in [2.05, 4.69) is 25.3 Å². The molecule has 0 saturated heterocycles. The minimum atomic E-state index is -3.57. The molecule has 0 bridgehead atoms. The lowest BCUT2D eigenvalue weighted by molar-refractivity contribution is -0.115. The predicted molar refractivity (Wildman–Crippen MR) is 136 cm³/mol. The molecular weight excluding hydrogens is 486 g/mol. The number of nitrogens with zero attached hydrogens (tertiary/aromatic N) is 2. The number of fused-ring (bicyclic) bond motifs is 3. The Kier molecular flexibility index (Phi) is 6.73. The van der Waals surface area contributed by atoms with E-state index in [1.54, 1.807) is 42.6 Å². The van der Waals surface area contributed by atoms with E-state index < -0.39 is 10.0 Å². The molecule has 1 saturated carbocycles. The van der Waals surface area contributed by atoms with Crippen molar-refractivity contribution in [1.29, 1.82) is 0 Å². The van der Waals surface area contributed by atoms with E-state index >= 15 is 0 Å². The summed E-state index contributed by atoms with van der Waals surface area (Å²) in [6.45, 7) is 0.481. The Hall–Kier alpha value is -3.01. The summed E-state index contributed by atoms with van der Waals surface area (Å²) in [6, 6.07) is 11.8. The first-order valence-electron chi connectivity index (χ1n) is 11.7. The zero-order chi connectivity index (χ0) is 24.4. The van der Waals surface area contributed by atoms with Crippen LogP contribution in [0.1, 0.15) is 37.7 Å². The second-order valence-corrected chi connectivity index (χ2v) is 11.2. The van der Waals surface area contributed by atoms with Gasteiger partial charge in [0.25, 0.3) is 0 Å². The van der Waals surface area contributed by atoms with E-state index in [1.807, 2.05) is 6.07 Å².